The van der Waals surface area contributed by atoms with E-state index in [1.165, 1.54) is 6.33 Å². The molecule has 19 heavy (non-hydrogen) atoms. The molecule has 0 amide bonds. The molecule has 0 bridgehead atoms. The molecule has 0 aliphatic heterocycles. The molecule has 0 N–H and O–H groups in total. The summed E-state index contributed by atoms with van der Waals surface area (Å²) in [5, 5.41) is 0.931. The lowest BCUT2D eigenvalue weighted by atomic mass is 10.2. The maximum atomic E-state index is 5.79. The van der Waals surface area contributed by atoms with Gasteiger partial charge in [-0.25, -0.2) is 9.97 Å². The summed E-state index contributed by atoms with van der Waals surface area (Å²) in [5.74, 6) is 0.616. The number of hydrogen-bond acceptors (Lipinski definition) is 3. The van der Waals surface area contributed by atoms with Crippen molar-refractivity contribution < 1.29 is 4.74 Å². The number of aromatic nitrogens is 2. The Morgan fingerprint density at radius 3 is 2.79 bits per heavy atom. The maximum Gasteiger partial charge on any atom is 0.224 e. The summed E-state index contributed by atoms with van der Waals surface area (Å²) in [4.78, 5) is 8.41. The minimum Gasteiger partial charge on any atom is -0.472 e. The van der Waals surface area contributed by atoms with Crippen LogP contribution in [0.4, 0.5) is 0 Å². The lowest BCUT2D eigenvalue weighted by molar-refractivity contribution is 0.297. The van der Waals surface area contributed by atoms with E-state index in [2.05, 4.69) is 25.9 Å². The summed E-state index contributed by atoms with van der Waals surface area (Å²) in [6.45, 7) is 0.487. The van der Waals surface area contributed by atoms with Crippen LogP contribution in [0.5, 0.6) is 5.88 Å². The molecule has 0 aliphatic carbocycles. The number of halogens is 1. The van der Waals surface area contributed by atoms with Crippen LogP contribution in [0.3, 0.4) is 0 Å². The zero-order valence-corrected chi connectivity index (χ0v) is 11.7. The lowest BCUT2D eigenvalue weighted by Gasteiger charge is -2.07. The predicted molar refractivity (Wildman–Crippen MR) is 78.0 cm³/mol. The molecule has 94 valence electrons. The Morgan fingerprint density at radius 2 is 1.89 bits per heavy atom. The average Bonchev–Trinajstić information content (AvgIpc) is 2.45. The van der Waals surface area contributed by atoms with Crippen molar-refractivity contribution in [3.8, 4) is 5.88 Å². The van der Waals surface area contributed by atoms with E-state index in [0.717, 1.165) is 20.9 Å². The molecular weight excluding hydrogens is 304 g/mol. The van der Waals surface area contributed by atoms with Gasteiger partial charge in [-0.1, -0.05) is 40.2 Å². The highest BCUT2D eigenvalue weighted by Crippen LogP contribution is 2.22. The molecule has 4 heteroatoms. The van der Waals surface area contributed by atoms with Crippen LogP contribution >= 0.6 is 15.9 Å². The van der Waals surface area contributed by atoms with Gasteiger partial charge < -0.3 is 4.74 Å². The van der Waals surface area contributed by atoms with Gasteiger partial charge in [0.2, 0.25) is 5.88 Å². The highest BCUT2D eigenvalue weighted by molar-refractivity contribution is 9.10. The van der Waals surface area contributed by atoms with E-state index in [9.17, 15) is 0 Å². The van der Waals surface area contributed by atoms with Gasteiger partial charge in [-0.3, -0.25) is 0 Å². The molecular formula is C15H11BrN2O. The fourth-order valence-electron chi connectivity index (χ4n) is 1.87. The zero-order valence-electron chi connectivity index (χ0n) is 10.1. The first-order valence-electron chi connectivity index (χ1n) is 5.90. The standard InChI is InChI=1S/C15H11BrN2O/c16-12-5-3-4-11(8-12)9-19-15-13-6-1-2-7-14(13)17-10-18-15/h1-8,10H,9H2. The number of rotatable bonds is 3. The molecule has 1 aromatic heterocycles. The molecule has 0 spiro atoms. The van der Waals surface area contributed by atoms with Crippen LogP contribution < -0.4 is 4.74 Å². The van der Waals surface area contributed by atoms with Crippen molar-refractivity contribution in [1.29, 1.82) is 0 Å². The molecule has 0 atom stereocenters. The summed E-state index contributed by atoms with van der Waals surface area (Å²) in [7, 11) is 0. The third kappa shape index (κ3) is 2.74. The van der Waals surface area contributed by atoms with Crippen molar-refractivity contribution in [3.63, 3.8) is 0 Å². The van der Waals surface area contributed by atoms with Crippen LogP contribution in [-0.2, 0) is 6.61 Å². The quantitative estimate of drug-likeness (QED) is 0.733. The van der Waals surface area contributed by atoms with Crippen LogP contribution in [-0.4, -0.2) is 9.97 Å². The fourth-order valence-corrected chi connectivity index (χ4v) is 2.32. The lowest BCUT2D eigenvalue weighted by Crippen LogP contribution is -1.98. The van der Waals surface area contributed by atoms with Gasteiger partial charge in [-0.15, -0.1) is 0 Å². The third-order valence-corrected chi connectivity index (χ3v) is 3.26. The minimum absolute atomic E-state index is 0.487. The number of benzene rings is 2. The molecule has 0 radical (unpaired) electrons. The van der Waals surface area contributed by atoms with Gasteiger partial charge in [0, 0.05) is 4.47 Å². The molecule has 2 aromatic carbocycles. The van der Waals surface area contributed by atoms with Gasteiger partial charge in [0.1, 0.15) is 12.9 Å². The third-order valence-electron chi connectivity index (χ3n) is 2.77. The summed E-state index contributed by atoms with van der Waals surface area (Å²) >= 11 is 3.45. The largest absolute Gasteiger partial charge is 0.472 e. The van der Waals surface area contributed by atoms with Crippen molar-refractivity contribution in [1.82, 2.24) is 9.97 Å². The second-order valence-corrected chi connectivity index (χ2v) is 5.03. The predicted octanol–water partition coefficient (Wildman–Crippen LogP) is 3.97. The number of fused-ring (bicyclic) bond motifs is 1. The van der Waals surface area contributed by atoms with Crippen molar-refractivity contribution in [2.24, 2.45) is 0 Å². The van der Waals surface area contributed by atoms with Gasteiger partial charge in [0.15, 0.2) is 0 Å². The van der Waals surface area contributed by atoms with Gasteiger partial charge in [0.25, 0.3) is 0 Å². The molecule has 3 nitrogen and oxygen atoms in total. The van der Waals surface area contributed by atoms with Crippen molar-refractivity contribution in [2.75, 3.05) is 0 Å². The number of hydrogen-bond donors (Lipinski definition) is 0. The van der Waals surface area contributed by atoms with E-state index in [1.54, 1.807) is 0 Å². The van der Waals surface area contributed by atoms with Gasteiger partial charge in [0.05, 0.1) is 10.9 Å². The molecule has 3 rings (SSSR count). The van der Waals surface area contributed by atoms with Crippen LogP contribution in [0.2, 0.25) is 0 Å². The number of nitrogens with zero attached hydrogens (tertiary/aromatic N) is 2. The summed E-state index contributed by atoms with van der Waals surface area (Å²) in [5.41, 5.74) is 1.99. The Hall–Kier alpha value is -1.94. The topological polar surface area (TPSA) is 35.0 Å². The minimum atomic E-state index is 0.487. The molecule has 1 heterocycles. The SMILES string of the molecule is Brc1cccc(COc2ncnc3ccccc23)c1. The number of para-hydroxylation sites is 1. The van der Waals surface area contributed by atoms with Crippen LogP contribution in [0.25, 0.3) is 10.9 Å². The van der Waals surface area contributed by atoms with Crippen LogP contribution in [0.15, 0.2) is 59.3 Å². The molecule has 0 fully saturated rings. The fraction of sp³-hybridized carbons (Fsp3) is 0.0667. The van der Waals surface area contributed by atoms with Crippen LogP contribution in [0, 0.1) is 0 Å². The molecule has 3 aromatic rings. The monoisotopic (exact) mass is 314 g/mol. The second kappa shape index (κ2) is 5.36. The summed E-state index contributed by atoms with van der Waals surface area (Å²) in [6, 6.07) is 15.8. The Balaban J connectivity index is 1.86. The van der Waals surface area contributed by atoms with Crippen LogP contribution in [0.1, 0.15) is 5.56 Å². The Bertz CT molecular complexity index is 710. The Morgan fingerprint density at radius 1 is 1.00 bits per heavy atom. The second-order valence-electron chi connectivity index (χ2n) is 4.11. The van der Waals surface area contributed by atoms with Crippen molar-refractivity contribution in [2.45, 2.75) is 6.61 Å². The normalized spacial score (nSPS) is 10.6. The van der Waals surface area contributed by atoms with E-state index in [0.29, 0.717) is 12.5 Å². The summed E-state index contributed by atoms with van der Waals surface area (Å²) in [6.07, 6.45) is 1.53. The van der Waals surface area contributed by atoms with E-state index in [1.807, 2.05) is 48.5 Å². The van der Waals surface area contributed by atoms with E-state index < -0.39 is 0 Å². The summed E-state index contributed by atoms with van der Waals surface area (Å²) < 4.78 is 6.83. The average molecular weight is 315 g/mol. The Kier molecular flexibility index (Phi) is 3.42. The van der Waals surface area contributed by atoms with E-state index in [4.69, 9.17) is 4.74 Å². The number of ether oxygens (including phenoxy) is 1. The van der Waals surface area contributed by atoms with Crippen molar-refractivity contribution >= 4 is 26.8 Å². The first kappa shape index (κ1) is 12.1. The molecule has 0 unspecified atom stereocenters. The smallest absolute Gasteiger partial charge is 0.224 e. The first-order chi connectivity index (χ1) is 9.33. The van der Waals surface area contributed by atoms with Gasteiger partial charge in [-0.05, 0) is 29.8 Å². The van der Waals surface area contributed by atoms with Crippen molar-refractivity contribution in [3.05, 3.63) is 64.9 Å². The maximum absolute atomic E-state index is 5.79. The van der Waals surface area contributed by atoms with Gasteiger partial charge in [-0.2, -0.15) is 0 Å². The highest BCUT2D eigenvalue weighted by atomic mass is 79.9. The van der Waals surface area contributed by atoms with Gasteiger partial charge >= 0.3 is 0 Å². The first-order valence-corrected chi connectivity index (χ1v) is 6.69. The molecule has 0 saturated heterocycles. The Labute approximate surface area is 119 Å². The molecule has 0 aliphatic rings. The van der Waals surface area contributed by atoms with E-state index >= 15 is 0 Å². The highest BCUT2D eigenvalue weighted by Gasteiger charge is 2.04. The molecule has 0 saturated carbocycles. The zero-order chi connectivity index (χ0) is 13.1. The van der Waals surface area contributed by atoms with E-state index in [-0.39, 0.29) is 0 Å².